The highest BCUT2D eigenvalue weighted by Crippen LogP contribution is 2.28. The van der Waals surface area contributed by atoms with Gasteiger partial charge in [-0.3, -0.25) is 14.7 Å². The second kappa shape index (κ2) is 9.64. The van der Waals surface area contributed by atoms with Gasteiger partial charge in [0.2, 0.25) is 11.8 Å². The molecule has 8 nitrogen and oxygen atoms in total. The van der Waals surface area contributed by atoms with Crippen LogP contribution in [0.3, 0.4) is 0 Å². The summed E-state index contributed by atoms with van der Waals surface area (Å²) < 4.78 is 5.18. The summed E-state index contributed by atoms with van der Waals surface area (Å²) in [6, 6.07) is 17.2. The zero-order chi connectivity index (χ0) is 22.5. The van der Waals surface area contributed by atoms with E-state index < -0.39 is 0 Å². The Bertz CT molecular complexity index is 1060. The molecule has 32 heavy (non-hydrogen) atoms. The van der Waals surface area contributed by atoms with Crippen molar-refractivity contribution in [2.45, 2.75) is 31.7 Å². The first-order chi connectivity index (χ1) is 15.5. The molecular formula is C24H27N5O3. The number of ether oxygens (including phenoxy) is 1. The molecule has 0 aliphatic carbocycles. The van der Waals surface area contributed by atoms with Gasteiger partial charge in [-0.05, 0) is 24.1 Å². The Morgan fingerprint density at radius 3 is 2.56 bits per heavy atom. The number of nitrogens with zero attached hydrogens (tertiary/aromatic N) is 3. The maximum Gasteiger partial charge on any atom is 0.222 e. The molecule has 8 heteroatoms. The van der Waals surface area contributed by atoms with Gasteiger partial charge in [-0.25, -0.2) is 4.98 Å². The predicted octanol–water partition coefficient (Wildman–Crippen LogP) is 2.54. The molecule has 3 aromatic rings. The van der Waals surface area contributed by atoms with Crippen LogP contribution in [0.2, 0.25) is 0 Å². The van der Waals surface area contributed by atoms with Crippen LogP contribution in [0.15, 0.2) is 54.6 Å². The summed E-state index contributed by atoms with van der Waals surface area (Å²) in [7, 11) is 1.63. The fraction of sp³-hybridized carbons (Fsp3) is 0.333. The summed E-state index contributed by atoms with van der Waals surface area (Å²) >= 11 is 0. The van der Waals surface area contributed by atoms with Crippen molar-refractivity contribution in [3.8, 4) is 17.1 Å². The van der Waals surface area contributed by atoms with Crippen LogP contribution in [0.1, 0.15) is 30.7 Å². The maximum absolute atomic E-state index is 12.9. The number of aromatic amines is 1. The highest BCUT2D eigenvalue weighted by molar-refractivity contribution is 5.78. The van der Waals surface area contributed by atoms with E-state index in [0.717, 1.165) is 16.9 Å². The average molecular weight is 434 g/mol. The summed E-state index contributed by atoms with van der Waals surface area (Å²) in [6.45, 7) is 2.42. The molecule has 2 aromatic carbocycles. The minimum absolute atomic E-state index is 0.0569. The van der Waals surface area contributed by atoms with Crippen LogP contribution >= 0.6 is 0 Å². The van der Waals surface area contributed by atoms with Crippen molar-refractivity contribution in [2.24, 2.45) is 0 Å². The number of aryl methyl sites for hydroxylation is 1. The van der Waals surface area contributed by atoms with Crippen LogP contribution in [-0.2, 0) is 16.0 Å². The van der Waals surface area contributed by atoms with E-state index >= 15 is 0 Å². The second-order valence-corrected chi connectivity index (χ2v) is 7.97. The SMILES string of the molecule is COc1ccc(CCC(=O)N2CC(NC(C)=O)C(c3nc(-c4ccccc4)n[nH]3)C2)cc1. The number of amides is 2. The molecular weight excluding hydrogens is 406 g/mol. The quantitative estimate of drug-likeness (QED) is 0.596. The molecule has 2 N–H and O–H groups in total. The molecule has 0 radical (unpaired) electrons. The smallest absolute Gasteiger partial charge is 0.222 e. The van der Waals surface area contributed by atoms with Crippen LogP contribution < -0.4 is 10.1 Å². The minimum Gasteiger partial charge on any atom is -0.497 e. The maximum atomic E-state index is 12.9. The van der Waals surface area contributed by atoms with Crippen LogP contribution in [0.4, 0.5) is 0 Å². The Morgan fingerprint density at radius 1 is 1.12 bits per heavy atom. The predicted molar refractivity (Wildman–Crippen MR) is 120 cm³/mol. The molecule has 166 valence electrons. The van der Waals surface area contributed by atoms with E-state index in [1.54, 1.807) is 12.0 Å². The highest BCUT2D eigenvalue weighted by Gasteiger charge is 2.38. The van der Waals surface area contributed by atoms with Crippen molar-refractivity contribution in [3.63, 3.8) is 0 Å². The minimum atomic E-state index is -0.214. The number of carbonyl (C=O) groups is 2. The summed E-state index contributed by atoms with van der Waals surface area (Å²) in [5, 5.41) is 10.3. The summed E-state index contributed by atoms with van der Waals surface area (Å²) in [5.74, 6) is 1.85. The summed E-state index contributed by atoms with van der Waals surface area (Å²) in [4.78, 5) is 31.2. The van der Waals surface area contributed by atoms with Crippen LogP contribution in [0, 0.1) is 0 Å². The molecule has 2 heterocycles. The molecule has 0 bridgehead atoms. The Balaban J connectivity index is 1.44. The number of carbonyl (C=O) groups excluding carboxylic acids is 2. The van der Waals surface area contributed by atoms with E-state index in [2.05, 4.69) is 20.5 Å². The molecule has 1 aliphatic rings. The first kappa shape index (κ1) is 21.5. The molecule has 1 aliphatic heterocycles. The van der Waals surface area contributed by atoms with Crippen LogP contribution in [-0.4, -0.2) is 58.1 Å². The Morgan fingerprint density at radius 2 is 1.88 bits per heavy atom. The number of hydrogen-bond donors (Lipinski definition) is 2. The molecule has 1 saturated heterocycles. The van der Waals surface area contributed by atoms with Gasteiger partial charge in [-0.1, -0.05) is 42.5 Å². The molecule has 2 atom stereocenters. The Labute approximate surface area is 187 Å². The number of aromatic nitrogens is 3. The van der Waals surface area contributed by atoms with Gasteiger partial charge in [0, 0.05) is 32.0 Å². The molecule has 0 spiro atoms. The lowest BCUT2D eigenvalue weighted by Gasteiger charge is -2.17. The zero-order valence-corrected chi connectivity index (χ0v) is 18.2. The molecule has 0 saturated carbocycles. The number of rotatable bonds is 7. The Hall–Kier alpha value is -3.68. The fourth-order valence-corrected chi connectivity index (χ4v) is 4.05. The average Bonchev–Trinajstić information content (AvgIpc) is 3.45. The number of likely N-dealkylation sites (tertiary alicyclic amines) is 1. The topological polar surface area (TPSA) is 100 Å². The van der Waals surface area contributed by atoms with Gasteiger partial charge in [0.05, 0.1) is 19.1 Å². The second-order valence-electron chi connectivity index (χ2n) is 7.97. The molecule has 1 fully saturated rings. The molecule has 2 unspecified atom stereocenters. The summed E-state index contributed by atoms with van der Waals surface area (Å²) in [6.07, 6.45) is 1.05. The van der Waals surface area contributed by atoms with E-state index in [4.69, 9.17) is 4.74 Å². The van der Waals surface area contributed by atoms with Gasteiger partial charge in [0.1, 0.15) is 11.6 Å². The van der Waals surface area contributed by atoms with Crippen molar-refractivity contribution in [1.29, 1.82) is 0 Å². The van der Waals surface area contributed by atoms with E-state index in [1.807, 2.05) is 54.6 Å². The van der Waals surface area contributed by atoms with Crippen LogP contribution in [0.5, 0.6) is 5.75 Å². The van der Waals surface area contributed by atoms with Crippen molar-refractivity contribution in [2.75, 3.05) is 20.2 Å². The van der Waals surface area contributed by atoms with E-state index in [1.165, 1.54) is 6.92 Å². The Kier molecular flexibility index (Phi) is 6.49. The lowest BCUT2D eigenvalue weighted by atomic mass is 10.0. The van der Waals surface area contributed by atoms with Gasteiger partial charge in [-0.2, -0.15) is 5.10 Å². The van der Waals surface area contributed by atoms with Crippen molar-refractivity contribution in [3.05, 3.63) is 66.0 Å². The monoisotopic (exact) mass is 433 g/mol. The van der Waals surface area contributed by atoms with Crippen molar-refractivity contribution < 1.29 is 14.3 Å². The van der Waals surface area contributed by atoms with Crippen molar-refractivity contribution in [1.82, 2.24) is 25.4 Å². The summed E-state index contributed by atoms with van der Waals surface area (Å²) in [5.41, 5.74) is 1.99. The van der Waals surface area contributed by atoms with Crippen molar-refractivity contribution >= 4 is 11.8 Å². The van der Waals surface area contributed by atoms with E-state index in [9.17, 15) is 9.59 Å². The van der Waals surface area contributed by atoms with Gasteiger partial charge in [-0.15, -0.1) is 0 Å². The van der Waals surface area contributed by atoms with Gasteiger partial charge in [0.25, 0.3) is 0 Å². The first-order valence-electron chi connectivity index (χ1n) is 10.7. The normalized spacial score (nSPS) is 17.9. The van der Waals surface area contributed by atoms with Gasteiger partial charge < -0.3 is 15.0 Å². The van der Waals surface area contributed by atoms with E-state index in [0.29, 0.717) is 37.6 Å². The molecule has 2 amide bonds. The molecule has 1 aromatic heterocycles. The fourth-order valence-electron chi connectivity index (χ4n) is 4.05. The van der Waals surface area contributed by atoms with E-state index in [-0.39, 0.29) is 23.8 Å². The van der Waals surface area contributed by atoms with Crippen LogP contribution in [0.25, 0.3) is 11.4 Å². The standard InChI is InChI=1S/C24H27N5O3/c1-16(30)25-21-15-29(22(31)13-10-17-8-11-19(32-2)12-9-17)14-20(21)24-26-23(27-28-24)18-6-4-3-5-7-18/h3-9,11-12,20-21H,10,13-15H2,1-2H3,(H,25,30)(H,26,27,28). The zero-order valence-electron chi connectivity index (χ0n) is 18.2. The number of nitrogens with one attached hydrogen (secondary N) is 2. The third-order valence-electron chi connectivity index (χ3n) is 5.73. The first-order valence-corrected chi connectivity index (χ1v) is 10.7. The lowest BCUT2D eigenvalue weighted by molar-refractivity contribution is -0.130. The third-order valence-corrected chi connectivity index (χ3v) is 5.73. The third kappa shape index (κ3) is 4.96. The highest BCUT2D eigenvalue weighted by atomic mass is 16.5. The number of hydrogen-bond acceptors (Lipinski definition) is 5. The lowest BCUT2D eigenvalue weighted by Crippen LogP contribution is -2.39. The number of H-pyrrole nitrogens is 1. The van der Waals surface area contributed by atoms with Gasteiger partial charge in [0.15, 0.2) is 5.82 Å². The molecule has 4 rings (SSSR count). The number of methoxy groups -OCH3 is 1. The largest absolute Gasteiger partial charge is 0.497 e. The number of benzene rings is 2. The van der Waals surface area contributed by atoms with Gasteiger partial charge >= 0.3 is 0 Å².